The Balaban J connectivity index is 1.43. The first-order chi connectivity index (χ1) is 13.1. The molecule has 0 aliphatic carbocycles. The van der Waals surface area contributed by atoms with Crippen LogP contribution in [0.3, 0.4) is 0 Å². The van der Waals surface area contributed by atoms with E-state index in [1.165, 1.54) is 5.56 Å². The van der Waals surface area contributed by atoms with E-state index in [4.69, 9.17) is 13.9 Å². The van der Waals surface area contributed by atoms with E-state index in [-0.39, 0.29) is 19.1 Å². The lowest BCUT2D eigenvalue weighted by molar-refractivity contribution is -0.120. The lowest BCUT2D eigenvalue weighted by Crippen LogP contribution is -2.25. The first kappa shape index (κ1) is 17.1. The molecule has 2 heterocycles. The molecule has 0 saturated heterocycles. The van der Waals surface area contributed by atoms with Crippen LogP contribution >= 0.6 is 0 Å². The number of hydrogen-bond acceptors (Lipinski definition) is 5. The van der Waals surface area contributed by atoms with Gasteiger partial charge in [0.25, 0.3) is 0 Å². The fraction of sp³-hybridized carbons (Fsp3) is 0.238. The molecule has 0 spiro atoms. The highest BCUT2D eigenvalue weighted by Gasteiger charge is 2.18. The van der Waals surface area contributed by atoms with Crippen molar-refractivity contribution < 1.29 is 18.7 Å². The van der Waals surface area contributed by atoms with Crippen LogP contribution in [0.5, 0.6) is 11.5 Å². The molecule has 2 aromatic carbocycles. The molecule has 0 saturated carbocycles. The number of carbonyl (C=O) groups is 1. The van der Waals surface area contributed by atoms with Crippen molar-refractivity contribution in [2.45, 2.75) is 26.8 Å². The number of hydrogen-bond donors (Lipinski definition) is 1. The first-order valence-electron chi connectivity index (χ1n) is 8.77. The molecule has 1 amide bonds. The summed E-state index contributed by atoms with van der Waals surface area (Å²) in [6.07, 6.45) is 0.172. The van der Waals surface area contributed by atoms with Gasteiger partial charge in [0.1, 0.15) is 5.76 Å². The molecule has 138 valence electrons. The van der Waals surface area contributed by atoms with Gasteiger partial charge in [0.15, 0.2) is 11.5 Å². The van der Waals surface area contributed by atoms with Crippen molar-refractivity contribution in [2.75, 3.05) is 6.79 Å². The van der Waals surface area contributed by atoms with Crippen molar-refractivity contribution in [3.05, 3.63) is 65.0 Å². The highest BCUT2D eigenvalue weighted by atomic mass is 16.7. The van der Waals surface area contributed by atoms with Crippen LogP contribution in [0.15, 0.2) is 46.9 Å². The molecule has 1 aliphatic heterocycles. The average Bonchev–Trinajstić information content (AvgIpc) is 3.26. The van der Waals surface area contributed by atoms with E-state index in [0.29, 0.717) is 35.4 Å². The summed E-state index contributed by atoms with van der Waals surface area (Å²) in [6, 6.07) is 13.6. The van der Waals surface area contributed by atoms with Crippen molar-refractivity contribution in [1.29, 1.82) is 0 Å². The minimum absolute atomic E-state index is 0.0925. The Bertz CT molecular complexity index is 994. The fourth-order valence-electron chi connectivity index (χ4n) is 2.98. The predicted molar refractivity (Wildman–Crippen MR) is 99.5 cm³/mol. The standard InChI is InChI=1S/C21H20N2O4/c1-13-4-3-5-15(8-13)11-22-20(24)10-17-14(2)27-21(23-17)16-6-7-18-19(9-16)26-12-25-18/h3-9H,10-12H2,1-2H3,(H,22,24). The van der Waals surface area contributed by atoms with Gasteiger partial charge in [-0.15, -0.1) is 0 Å². The van der Waals surface area contributed by atoms with E-state index in [1.807, 2.05) is 50.2 Å². The molecule has 0 atom stereocenters. The summed E-state index contributed by atoms with van der Waals surface area (Å²) < 4.78 is 16.5. The Morgan fingerprint density at radius 2 is 1.96 bits per heavy atom. The molecule has 3 aromatic rings. The normalized spacial score (nSPS) is 12.2. The Labute approximate surface area is 157 Å². The van der Waals surface area contributed by atoms with E-state index in [2.05, 4.69) is 16.4 Å². The Hall–Kier alpha value is -3.28. The third kappa shape index (κ3) is 3.79. The molecule has 6 nitrogen and oxygen atoms in total. The molecular formula is C21H20N2O4. The topological polar surface area (TPSA) is 73.6 Å². The second kappa shape index (κ2) is 7.15. The van der Waals surface area contributed by atoms with E-state index in [1.54, 1.807) is 0 Å². The molecule has 0 radical (unpaired) electrons. The number of aryl methyl sites for hydroxylation is 2. The number of aromatic nitrogens is 1. The Kier molecular flexibility index (Phi) is 4.54. The zero-order chi connectivity index (χ0) is 18.8. The third-order valence-electron chi connectivity index (χ3n) is 4.41. The van der Waals surface area contributed by atoms with Crippen LogP contribution in [-0.2, 0) is 17.8 Å². The van der Waals surface area contributed by atoms with E-state index < -0.39 is 0 Å². The van der Waals surface area contributed by atoms with Crippen LogP contribution in [0.25, 0.3) is 11.5 Å². The third-order valence-corrected chi connectivity index (χ3v) is 4.41. The van der Waals surface area contributed by atoms with E-state index in [0.717, 1.165) is 11.1 Å². The van der Waals surface area contributed by atoms with E-state index in [9.17, 15) is 4.79 Å². The number of fused-ring (bicyclic) bond motifs is 1. The summed E-state index contributed by atoms with van der Waals surface area (Å²) in [6.45, 7) is 4.55. The van der Waals surface area contributed by atoms with Crippen molar-refractivity contribution in [3.63, 3.8) is 0 Å². The molecular weight excluding hydrogens is 344 g/mol. The van der Waals surface area contributed by atoms with Gasteiger partial charge in [-0.3, -0.25) is 4.79 Å². The van der Waals surface area contributed by atoms with Crippen molar-refractivity contribution in [2.24, 2.45) is 0 Å². The van der Waals surface area contributed by atoms with Crippen LogP contribution < -0.4 is 14.8 Å². The Morgan fingerprint density at radius 3 is 2.81 bits per heavy atom. The quantitative estimate of drug-likeness (QED) is 0.749. The number of nitrogens with zero attached hydrogens (tertiary/aromatic N) is 1. The second-order valence-electron chi connectivity index (χ2n) is 6.53. The average molecular weight is 364 g/mol. The van der Waals surface area contributed by atoms with Crippen LogP contribution in [0.1, 0.15) is 22.6 Å². The molecule has 1 aromatic heterocycles. The second-order valence-corrected chi connectivity index (χ2v) is 6.53. The van der Waals surface area contributed by atoms with Gasteiger partial charge in [0, 0.05) is 12.1 Å². The number of nitrogens with one attached hydrogen (secondary N) is 1. The lowest BCUT2D eigenvalue weighted by atomic mass is 10.1. The molecule has 1 N–H and O–H groups in total. The molecule has 4 rings (SSSR count). The molecule has 1 aliphatic rings. The van der Waals surface area contributed by atoms with Gasteiger partial charge in [-0.2, -0.15) is 0 Å². The van der Waals surface area contributed by atoms with Crippen LogP contribution in [0, 0.1) is 13.8 Å². The number of ether oxygens (including phenoxy) is 2. The summed E-state index contributed by atoms with van der Waals surface area (Å²) in [4.78, 5) is 16.8. The van der Waals surface area contributed by atoms with Gasteiger partial charge in [0.05, 0.1) is 12.1 Å². The van der Waals surface area contributed by atoms with Gasteiger partial charge in [0.2, 0.25) is 18.6 Å². The van der Waals surface area contributed by atoms with Gasteiger partial charge in [-0.25, -0.2) is 4.98 Å². The summed E-state index contributed by atoms with van der Waals surface area (Å²) in [5.74, 6) is 2.38. The summed E-state index contributed by atoms with van der Waals surface area (Å²) in [5, 5.41) is 2.93. The maximum atomic E-state index is 12.3. The smallest absolute Gasteiger partial charge is 0.231 e. The Morgan fingerprint density at radius 1 is 1.11 bits per heavy atom. The minimum atomic E-state index is -0.0925. The number of carbonyl (C=O) groups excluding carboxylic acids is 1. The number of oxazole rings is 1. The van der Waals surface area contributed by atoms with Crippen molar-refractivity contribution in [1.82, 2.24) is 10.3 Å². The SMILES string of the molecule is Cc1cccc(CNC(=O)Cc2nc(-c3ccc4c(c3)OCO4)oc2C)c1. The zero-order valence-corrected chi connectivity index (χ0v) is 15.2. The van der Waals surface area contributed by atoms with Gasteiger partial charge >= 0.3 is 0 Å². The first-order valence-corrected chi connectivity index (χ1v) is 8.77. The van der Waals surface area contributed by atoms with Crippen LogP contribution in [-0.4, -0.2) is 17.7 Å². The number of rotatable bonds is 5. The number of amides is 1. The van der Waals surface area contributed by atoms with Gasteiger partial charge < -0.3 is 19.2 Å². The van der Waals surface area contributed by atoms with E-state index >= 15 is 0 Å². The van der Waals surface area contributed by atoms with Gasteiger partial charge in [-0.05, 0) is 37.6 Å². The maximum Gasteiger partial charge on any atom is 0.231 e. The summed E-state index contributed by atoms with van der Waals surface area (Å²) in [5.41, 5.74) is 3.65. The van der Waals surface area contributed by atoms with Crippen LogP contribution in [0.2, 0.25) is 0 Å². The lowest BCUT2D eigenvalue weighted by Gasteiger charge is -2.05. The highest BCUT2D eigenvalue weighted by molar-refractivity contribution is 5.78. The fourth-order valence-corrected chi connectivity index (χ4v) is 2.98. The van der Waals surface area contributed by atoms with Gasteiger partial charge in [-0.1, -0.05) is 29.8 Å². The largest absolute Gasteiger partial charge is 0.454 e. The zero-order valence-electron chi connectivity index (χ0n) is 15.2. The monoisotopic (exact) mass is 364 g/mol. The maximum absolute atomic E-state index is 12.3. The molecule has 6 heteroatoms. The summed E-state index contributed by atoms with van der Waals surface area (Å²) >= 11 is 0. The minimum Gasteiger partial charge on any atom is -0.454 e. The predicted octanol–water partition coefficient (Wildman–Crippen LogP) is 3.55. The summed E-state index contributed by atoms with van der Waals surface area (Å²) in [7, 11) is 0. The molecule has 0 fully saturated rings. The van der Waals surface area contributed by atoms with Crippen molar-refractivity contribution in [3.8, 4) is 23.0 Å². The molecule has 0 unspecified atom stereocenters. The number of benzene rings is 2. The molecule has 0 bridgehead atoms. The highest BCUT2D eigenvalue weighted by Crippen LogP contribution is 2.36. The molecule has 27 heavy (non-hydrogen) atoms. The van der Waals surface area contributed by atoms with Crippen LogP contribution in [0.4, 0.5) is 0 Å². The van der Waals surface area contributed by atoms with Crippen molar-refractivity contribution >= 4 is 5.91 Å².